The molecule has 4 rings (SSSR count). The SMILES string of the molecule is CN(C)CCN1C(=O)C(CCCN2CCN(c3ccccc3)CC2)C(=O)c2ccccc21. The lowest BCUT2D eigenvalue weighted by atomic mass is 9.87. The van der Waals surface area contributed by atoms with Gasteiger partial charge in [0.15, 0.2) is 5.78 Å². The summed E-state index contributed by atoms with van der Waals surface area (Å²) in [5, 5.41) is 0. The molecule has 1 amide bonds. The molecule has 0 spiro atoms. The van der Waals surface area contributed by atoms with E-state index >= 15 is 0 Å². The van der Waals surface area contributed by atoms with Crippen molar-refractivity contribution in [3.05, 3.63) is 60.2 Å². The molecular weight excluding hydrogens is 400 g/mol. The lowest BCUT2D eigenvalue weighted by Gasteiger charge is -2.37. The Morgan fingerprint density at radius 2 is 1.56 bits per heavy atom. The molecule has 32 heavy (non-hydrogen) atoms. The van der Waals surface area contributed by atoms with Crippen LogP contribution in [0.2, 0.25) is 0 Å². The Morgan fingerprint density at radius 3 is 2.28 bits per heavy atom. The van der Waals surface area contributed by atoms with E-state index < -0.39 is 5.92 Å². The van der Waals surface area contributed by atoms with Crippen LogP contribution in [-0.4, -0.2) is 81.4 Å². The summed E-state index contributed by atoms with van der Waals surface area (Å²) in [5.41, 5.74) is 2.73. The first-order valence-corrected chi connectivity index (χ1v) is 11.7. The molecule has 0 aromatic heterocycles. The number of carbonyl (C=O) groups is 2. The maximum absolute atomic E-state index is 13.3. The maximum Gasteiger partial charge on any atom is 0.238 e. The summed E-state index contributed by atoms with van der Waals surface area (Å²) >= 11 is 0. The average Bonchev–Trinajstić information content (AvgIpc) is 2.82. The van der Waals surface area contributed by atoms with Crippen molar-refractivity contribution < 1.29 is 9.59 Å². The van der Waals surface area contributed by atoms with Crippen LogP contribution >= 0.6 is 0 Å². The molecule has 2 aromatic rings. The molecule has 1 unspecified atom stereocenters. The first-order chi connectivity index (χ1) is 15.5. The van der Waals surface area contributed by atoms with Crippen LogP contribution in [0.1, 0.15) is 23.2 Å². The van der Waals surface area contributed by atoms with E-state index in [1.54, 1.807) is 0 Å². The molecule has 6 nitrogen and oxygen atoms in total. The number of piperazine rings is 1. The van der Waals surface area contributed by atoms with Crippen molar-refractivity contribution in [3.63, 3.8) is 0 Å². The van der Waals surface area contributed by atoms with Gasteiger partial charge in [0.1, 0.15) is 5.92 Å². The zero-order valence-electron chi connectivity index (χ0n) is 19.2. The van der Waals surface area contributed by atoms with Gasteiger partial charge in [-0.25, -0.2) is 0 Å². The Hall–Kier alpha value is -2.70. The molecular formula is C26H34N4O2. The minimum Gasteiger partial charge on any atom is -0.369 e. The lowest BCUT2D eigenvalue weighted by Crippen LogP contribution is -2.48. The number of para-hydroxylation sites is 2. The molecule has 0 aliphatic carbocycles. The summed E-state index contributed by atoms with van der Waals surface area (Å²) < 4.78 is 0. The fourth-order valence-corrected chi connectivity index (χ4v) is 4.70. The first kappa shape index (κ1) is 22.5. The standard InChI is InChI=1S/C26H34N4O2/c1-27(2)15-20-30-24-13-7-6-11-22(24)25(31)23(26(30)32)12-8-14-28-16-18-29(19-17-28)21-9-4-3-5-10-21/h3-7,9-11,13,23H,8,12,14-20H2,1-2H3. The molecule has 0 N–H and O–H groups in total. The van der Waals surface area contributed by atoms with Crippen LogP contribution < -0.4 is 9.80 Å². The number of likely N-dealkylation sites (N-methyl/N-ethyl adjacent to an activating group) is 1. The summed E-state index contributed by atoms with van der Waals surface area (Å²) in [4.78, 5) is 35.1. The Bertz CT molecular complexity index is 922. The van der Waals surface area contributed by atoms with E-state index in [9.17, 15) is 9.59 Å². The highest BCUT2D eigenvalue weighted by atomic mass is 16.2. The fraction of sp³-hybridized carbons (Fsp3) is 0.462. The van der Waals surface area contributed by atoms with Gasteiger partial charge in [0.05, 0.1) is 5.69 Å². The Labute approximate surface area is 191 Å². The van der Waals surface area contributed by atoms with Gasteiger partial charge in [0, 0.05) is 50.5 Å². The number of rotatable bonds is 8. The van der Waals surface area contributed by atoms with Crippen molar-refractivity contribution >= 4 is 23.1 Å². The van der Waals surface area contributed by atoms with Crippen LogP contribution in [0.25, 0.3) is 0 Å². The Balaban J connectivity index is 1.33. The minimum absolute atomic E-state index is 0.0133. The van der Waals surface area contributed by atoms with Crippen LogP contribution in [0, 0.1) is 5.92 Å². The van der Waals surface area contributed by atoms with Gasteiger partial charge in [0.2, 0.25) is 5.91 Å². The number of Topliss-reactive ketones (excluding diaryl/α,β-unsaturated/α-hetero) is 1. The van der Waals surface area contributed by atoms with E-state index in [1.807, 2.05) is 49.3 Å². The Morgan fingerprint density at radius 1 is 0.875 bits per heavy atom. The molecule has 1 atom stereocenters. The number of hydrogen-bond acceptors (Lipinski definition) is 5. The number of benzene rings is 2. The lowest BCUT2D eigenvalue weighted by molar-refractivity contribution is -0.121. The van der Waals surface area contributed by atoms with E-state index in [1.165, 1.54) is 5.69 Å². The fourth-order valence-electron chi connectivity index (χ4n) is 4.70. The number of fused-ring (bicyclic) bond motifs is 1. The molecule has 1 fully saturated rings. The van der Waals surface area contributed by atoms with Gasteiger partial charge < -0.3 is 14.7 Å². The van der Waals surface area contributed by atoms with E-state index in [0.29, 0.717) is 18.5 Å². The van der Waals surface area contributed by atoms with Gasteiger partial charge in [-0.3, -0.25) is 14.5 Å². The predicted molar refractivity (Wildman–Crippen MR) is 129 cm³/mol. The summed E-state index contributed by atoms with van der Waals surface area (Å²) in [6, 6.07) is 18.1. The normalized spacial score (nSPS) is 19.5. The topological polar surface area (TPSA) is 47.1 Å². The first-order valence-electron chi connectivity index (χ1n) is 11.7. The quantitative estimate of drug-likeness (QED) is 0.598. The van der Waals surface area contributed by atoms with Crippen LogP contribution in [0.3, 0.4) is 0 Å². The van der Waals surface area contributed by atoms with E-state index in [-0.39, 0.29) is 11.7 Å². The highest BCUT2D eigenvalue weighted by molar-refractivity contribution is 6.21. The molecule has 2 aliphatic rings. The van der Waals surface area contributed by atoms with Crippen molar-refractivity contribution in [3.8, 4) is 0 Å². The highest BCUT2D eigenvalue weighted by Crippen LogP contribution is 2.32. The van der Waals surface area contributed by atoms with Crippen molar-refractivity contribution in [2.45, 2.75) is 12.8 Å². The average molecular weight is 435 g/mol. The third-order valence-electron chi connectivity index (χ3n) is 6.57. The van der Waals surface area contributed by atoms with Crippen molar-refractivity contribution in [1.29, 1.82) is 0 Å². The molecule has 2 aromatic carbocycles. The predicted octanol–water partition coefficient (Wildman–Crippen LogP) is 3.00. The molecule has 6 heteroatoms. The Kier molecular flexibility index (Phi) is 7.22. The maximum atomic E-state index is 13.3. The highest BCUT2D eigenvalue weighted by Gasteiger charge is 2.38. The number of amides is 1. The molecule has 0 saturated carbocycles. The number of nitrogens with zero attached hydrogens (tertiary/aromatic N) is 4. The van der Waals surface area contributed by atoms with Crippen LogP contribution in [0.5, 0.6) is 0 Å². The van der Waals surface area contributed by atoms with Crippen molar-refractivity contribution in [2.24, 2.45) is 5.92 Å². The van der Waals surface area contributed by atoms with Crippen molar-refractivity contribution in [2.75, 3.05) is 69.7 Å². The monoisotopic (exact) mass is 434 g/mol. The third-order valence-corrected chi connectivity index (χ3v) is 6.57. The second kappa shape index (κ2) is 10.3. The molecule has 0 bridgehead atoms. The van der Waals surface area contributed by atoms with Gasteiger partial charge in [0.25, 0.3) is 0 Å². The van der Waals surface area contributed by atoms with Gasteiger partial charge in [-0.15, -0.1) is 0 Å². The van der Waals surface area contributed by atoms with Crippen LogP contribution in [-0.2, 0) is 4.79 Å². The van der Waals surface area contributed by atoms with Crippen LogP contribution in [0.4, 0.5) is 11.4 Å². The second-order valence-electron chi connectivity index (χ2n) is 9.03. The summed E-state index contributed by atoms with van der Waals surface area (Å²) in [6.45, 7) is 6.35. The number of anilines is 2. The molecule has 0 radical (unpaired) electrons. The van der Waals surface area contributed by atoms with Crippen LogP contribution in [0.15, 0.2) is 54.6 Å². The van der Waals surface area contributed by atoms with E-state index in [0.717, 1.165) is 51.4 Å². The molecule has 2 heterocycles. The molecule has 1 saturated heterocycles. The minimum atomic E-state index is -0.558. The van der Waals surface area contributed by atoms with Gasteiger partial charge in [-0.05, 0) is 57.7 Å². The third kappa shape index (κ3) is 5.03. The summed E-state index contributed by atoms with van der Waals surface area (Å²) in [5.74, 6) is -0.609. The van der Waals surface area contributed by atoms with Gasteiger partial charge in [-0.2, -0.15) is 0 Å². The van der Waals surface area contributed by atoms with E-state index in [4.69, 9.17) is 0 Å². The summed E-state index contributed by atoms with van der Waals surface area (Å²) in [6.07, 6.45) is 1.47. The van der Waals surface area contributed by atoms with Crippen molar-refractivity contribution in [1.82, 2.24) is 9.80 Å². The number of ketones is 1. The van der Waals surface area contributed by atoms with E-state index in [2.05, 4.69) is 39.0 Å². The zero-order valence-corrected chi connectivity index (χ0v) is 19.2. The molecule has 2 aliphatic heterocycles. The van der Waals surface area contributed by atoms with Gasteiger partial charge in [-0.1, -0.05) is 30.3 Å². The molecule has 170 valence electrons. The second-order valence-corrected chi connectivity index (χ2v) is 9.03. The van der Waals surface area contributed by atoms with Gasteiger partial charge >= 0.3 is 0 Å². The smallest absolute Gasteiger partial charge is 0.238 e. The largest absolute Gasteiger partial charge is 0.369 e. The summed E-state index contributed by atoms with van der Waals surface area (Å²) in [7, 11) is 4.00. The zero-order chi connectivity index (χ0) is 22.5. The number of carbonyl (C=O) groups excluding carboxylic acids is 2. The number of hydrogen-bond donors (Lipinski definition) is 0.